The zero-order chi connectivity index (χ0) is 22.5. The smallest absolute Gasteiger partial charge is 0.475 e. The fraction of sp³-hybridized carbons (Fsp3) is 0.619. The summed E-state index contributed by atoms with van der Waals surface area (Å²) in [6.07, 6.45) is -2.83. The van der Waals surface area contributed by atoms with Crippen LogP contribution in [0.2, 0.25) is 0 Å². The normalized spacial score (nSPS) is 25.9. The Bertz CT molecular complexity index is 725. The van der Waals surface area contributed by atoms with Crippen molar-refractivity contribution in [2.75, 3.05) is 26.2 Å². The predicted molar refractivity (Wildman–Crippen MR) is 107 cm³/mol. The van der Waals surface area contributed by atoms with Crippen molar-refractivity contribution in [3.05, 3.63) is 35.9 Å². The van der Waals surface area contributed by atoms with Crippen molar-refractivity contribution >= 4 is 11.9 Å². The summed E-state index contributed by atoms with van der Waals surface area (Å²) in [6.45, 7) is 7.54. The summed E-state index contributed by atoms with van der Waals surface area (Å²) >= 11 is 0. The molecule has 2 fully saturated rings. The Morgan fingerprint density at radius 3 is 2.33 bits per heavy atom. The van der Waals surface area contributed by atoms with Crippen LogP contribution in [0.1, 0.15) is 38.2 Å². The van der Waals surface area contributed by atoms with Crippen LogP contribution in [-0.4, -0.2) is 60.3 Å². The summed E-state index contributed by atoms with van der Waals surface area (Å²) < 4.78 is 31.7. The van der Waals surface area contributed by atoms with Gasteiger partial charge in [-0.3, -0.25) is 4.79 Å². The van der Waals surface area contributed by atoms with E-state index in [1.54, 1.807) is 0 Å². The van der Waals surface area contributed by atoms with Gasteiger partial charge in [-0.25, -0.2) is 4.79 Å². The van der Waals surface area contributed by atoms with Gasteiger partial charge in [-0.2, -0.15) is 13.2 Å². The van der Waals surface area contributed by atoms with Crippen LogP contribution in [0.15, 0.2) is 30.3 Å². The molecule has 1 aromatic rings. The largest absolute Gasteiger partial charge is 0.490 e. The van der Waals surface area contributed by atoms with Crippen LogP contribution >= 0.6 is 0 Å². The molecule has 0 aromatic heterocycles. The van der Waals surface area contributed by atoms with Crippen LogP contribution in [0, 0.1) is 11.3 Å². The SMILES string of the molecule is CC1(C)CCCNC1C(=O)N1C[C@@H](CN)[C@H](c2ccccc2)C1.O=C(O)C(F)(F)F. The van der Waals surface area contributed by atoms with E-state index in [4.69, 9.17) is 15.6 Å². The number of carbonyl (C=O) groups is 2. The van der Waals surface area contributed by atoms with Gasteiger partial charge in [0.15, 0.2) is 0 Å². The molecule has 30 heavy (non-hydrogen) atoms. The zero-order valence-corrected chi connectivity index (χ0v) is 17.3. The molecule has 0 spiro atoms. The van der Waals surface area contributed by atoms with Crippen LogP contribution in [0.25, 0.3) is 0 Å². The van der Waals surface area contributed by atoms with Crippen molar-refractivity contribution in [3.8, 4) is 0 Å². The van der Waals surface area contributed by atoms with Gasteiger partial charge in [-0.15, -0.1) is 0 Å². The molecular weight excluding hydrogens is 399 g/mol. The van der Waals surface area contributed by atoms with Gasteiger partial charge in [0, 0.05) is 19.0 Å². The number of nitrogens with zero attached hydrogens (tertiary/aromatic N) is 1. The Hall–Kier alpha value is -2.13. The Labute approximate surface area is 174 Å². The average molecular weight is 429 g/mol. The van der Waals surface area contributed by atoms with Crippen molar-refractivity contribution in [3.63, 3.8) is 0 Å². The van der Waals surface area contributed by atoms with Gasteiger partial charge in [0.1, 0.15) is 0 Å². The zero-order valence-electron chi connectivity index (χ0n) is 17.3. The number of halogens is 3. The standard InChI is InChI=1S/C19H29N3O.C2HF3O2/c1-19(2)9-6-10-21-17(19)18(23)22-12-15(11-20)16(13-22)14-7-4-3-5-8-14;3-2(4,5)1(6)7/h3-5,7-8,15-17,21H,6,9-13,20H2,1-2H3;(H,6,7)/t15-,16+,17?;/m1./s1. The first-order chi connectivity index (χ1) is 14.0. The summed E-state index contributed by atoms with van der Waals surface area (Å²) in [6, 6.07) is 10.4. The predicted octanol–water partition coefficient (Wildman–Crippen LogP) is 2.60. The van der Waals surface area contributed by atoms with E-state index in [0.717, 1.165) is 32.5 Å². The quantitative estimate of drug-likeness (QED) is 0.687. The number of carboxylic acids is 1. The lowest BCUT2D eigenvalue weighted by atomic mass is 9.77. The minimum atomic E-state index is -5.08. The number of rotatable bonds is 3. The highest BCUT2D eigenvalue weighted by Gasteiger charge is 2.43. The van der Waals surface area contributed by atoms with Crippen LogP contribution < -0.4 is 11.1 Å². The number of alkyl halides is 3. The minimum Gasteiger partial charge on any atom is -0.475 e. The number of carbonyl (C=O) groups excluding carboxylic acids is 1. The van der Waals surface area contributed by atoms with E-state index in [1.807, 2.05) is 11.0 Å². The molecule has 3 atom stereocenters. The molecule has 168 valence electrons. The molecule has 2 aliphatic rings. The topological polar surface area (TPSA) is 95.7 Å². The third-order valence-corrected chi connectivity index (χ3v) is 5.90. The second-order valence-electron chi connectivity index (χ2n) is 8.54. The van der Waals surface area contributed by atoms with Gasteiger partial charge < -0.3 is 21.1 Å². The maximum atomic E-state index is 13.1. The summed E-state index contributed by atoms with van der Waals surface area (Å²) in [5.74, 6) is -1.79. The molecule has 6 nitrogen and oxygen atoms in total. The number of piperidine rings is 1. The van der Waals surface area contributed by atoms with Gasteiger partial charge in [0.05, 0.1) is 6.04 Å². The van der Waals surface area contributed by atoms with Crippen LogP contribution in [-0.2, 0) is 9.59 Å². The molecule has 9 heteroatoms. The maximum Gasteiger partial charge on any atom is 0.490 e. The lowest BCUT2D eigenvalue weighted by Crippen LogP contribution is -2.56. The monoisotopic (exact) mass is 429 g/mol. The second-order valence-corrected chi connectivity index (χ2v) is 8.54. The summed E-state index contributed by atoms with van der Waals surface area (Å²) in [5, 5.41) is 10.6. The number of carboxylic acid groups (broad SMARTS) is 1. The number of benzene rings is 1. The molecule has 3 rings (SSSR count). The van der Waals surface area contributed by atoms with Crippen LogP contribution in [0.3, 0.4) is 0 Å². The Morgan fingerprint density at radius 1 is 1.23 bits per heavy atom. The summed E-state index contributed by atoms with van der Waals surface area (Å²) in [7, 11) is 0. The van der Waals surface area contributed by atoms with Gasteiger partial charge >= 0.3 is 12.1 Å². The fourth-order valence-corrected chi connectivity index (χ4v) is 4.18. The van der Waals surface area contributed by atoms with E-state index < -0.39 is 12.1 Å². The first kappa shape index (κ1) is 24.1. The molecule has 4 N–H and O–H groups in total. The molecule has 2 saturated heterocycles. The molecule has 0 saturated carbocycles. The van der Waals surface area contributed by atoms with E-state index in [0.29, 0.717) is 18.4 Å². The van der Waals surface area contributed by atoms with Crippen molar-refractivity contribution in [1.82, 2.24) is 10.2 Å². The number of nitrogens with two attached hydrogens (primary N) is 1. The Balaban J connectivity index is 0.000000396. The highest BCUT2D eigenvalue weighted by Crippen LogP contribution is 2.36. The number of likely N-dealkylation sites (tertiary alicyclic amines) is 1. The second kappa shape index (κ2) is 9.78. The molecule has 1 unspecified atom stereocenters. The first-order valence-electron chi connectivity index (χ1n) is 10.0. The maximum absolute atomic E-state index is 13.1. The number of hydrogen-bond donors (Lipinski definition) is 3. The molecule has 0 bridgehead atoms. The van der Waals surface area contributed by atoms with Gasteiger partial charge in [0.25, 0.3) is 0 Å². The fourth-order valence-electron chi connectivity index (χ4n) is 4.18. The van der Waals surface area contributed by atoms with Crippen molar-refractivity contribution in [2.45, 2.75) is 44.8 Å². The summed E-state index contributed by atoms with van der Waals surface area (Å²) in [4.78, 5) is 24.0. The van der Waals surface area contributed by atoms with E-state index in [2.05, 4.69) is 43.4 Å². The van der Waals surface area contributed by atoms with Crippen molar-refractivity contribution in [2.24, 2.45) is 17.1 Å². The summed E-state index contributed by atoms with van der Waals surface area (Å²) in [5.41, 5.74) is 7.33. The van der Waals surface area contributed by atoms with Gasteiger partial charge in [-0.05, 0) is 42.8 Å². The van der Waals surface area contributed by atoms with Gasteiger partial charge in [-0.1, -0.05) is 44.2 Å². The third kappa shape index (κ3) is 5.95. The molecule has 0 aliphatic carbocycles. The number of hydrogen-bond acceptors (Lipinski definition) is 4. The molecule has 2 heterocycles. The molecule has 1 aromatic carbocycles. The lowest BCUT2D eigenvalue weighted by molar-refractivity contribution is -0.192. The first-order valence-corrected chi connectivity index (χ1v) is 10.0. The molecule has 1 amide bonds. The average Bonchev–Trinajstić information content (AvgIpc) is 3.12. The van der Waals surface area contributed by atoms with E-state index >= 15 is 0 Å². The molecular formula is C21H30F3N3O3. The van der Waals surface area contributed by atoms with Gasteiger partial charge in [0.2, 0.25) is 5.91 Å². The molecule has 0 radical (unpaired) electrons. The van der Waals surface area contributed by atoms with E-state index in [9.17, 15) is 18.0 Å². The molecule has 2 aliphatic heterocycles. The number of aliphatic carboxylic acids is 1. The van der Waals surface area contributed by atoms with Crippen LogP contribution in [0.4, 0.5) is 13.2 Å². The Morgan fingerprint density at radius 2 is 1.83 bits per heavy atom. The van der Waals surface area contributed by atoms with E-state index in [1.165, 1.54) is 5.56 Å². The van der Waals surface area contributed by atoms with Crippen LogP contribution in [0.5, 0.6) is 0 Å². The number of amides is 1. The highest BCUT2D eigenvalue weighted by molar-refractivity contribution is 5.83. The highest BCUT2D eigenvalue weighted by atomic mass is 19.4. The minimum absolute atomic E-state index is 0.0262. The van der Waals surface area contributed by atoms with E-state index in [-0.39, 0.29) is 17.4 Å². The van der Waals surface area contributed by atoms with Crippen molar-refractivity contribution < 1.29 is 27.9 Å². The Kier molecular flexibility index (Phi) is 7.87. The third-order valence-electron chi connectivity index (χ3n) is 5.90. The lowest BCUT2D eigenvalue weighted by Gasteiger charge is -2.40. The number of nitrogens with one attached hydrogen (secondary N) is 1. The van der Waals surface area contributed by atoms with Crippen molar-refractivity contribution in [1.29, 1.82) is 0 Å².